The summed E-state index contributed by atoms with van der Waals surface area (Å²) in [5, 5.41) is 0. The van der Waals surface area contributed by atoms with E-state index in [9.17, 15) is 13.2 Å². The lowest BCUT2D eigenvalue weighted by molar-refractivity contribution is -0.111. The van der Waals surface area contributed by atoms with E-state index in [1.165, 1.54) is 24.3 Å². The van der Waals surface area contributed by atoms with Crippen molar-refractivity contribution in [3.8, 4) is 0 Å². The van der Waals surface area contributed by atoms with E-state index in [0.717, 1.165) is 11.1 Å². The maximum Gasteiger partial charge on any atom is 0.282 e. The van der Waals surface area contributed by atoms with Crippen LogP contribution in [0.2, 0.25) is 0 Å². The Morgan fingerprint density at radius 3 is 2.50 bits per heavy atom. The fourth-order valence-corrected chi connectivity index (χ4v) is 3.60. The zero-order valence-corrected chi connectivity index (χ0v) is 12.9. The Morgan fingerprint density at radius 1 is 1.05 bits per heavy atom. The van der Waals surface area contributed by atoms with Gasteiger partial charge < -0.3 is 0 Å². The van der Waals surface area contributed by atoms with Gasteiger partial charge in [0, 0.05) is 5.57 Å². The number of ketones is 1. The third-order valence-electron chi connectivity index (χ3n) is 3.73. The number of hydrogen-bond donors (Lipinski definition) is 0. The van der Waals surface area contributed by atoms with Crippen LogP contribution in [0.3, 0.4) is 0 Å². The topological polar surface area (TPSA) is 63.6 Å². The van der Waals surface area contributed by atoms with Gasteiger partial charge in [-0.2, -0.15) is 12.8 Å². The Morgan fingerprint density at radius 2 is 1.77 bits per heavy atom. The third kappa shape index (κ3) is 2.72. The number of carbonyl (C=O) groups excluding carboxylic acids is 1. The van der Waals surface area contributed by atoms with Crippen molar-refractivity contribution < 1.29 is 13.2 Å². The first-order chi connectivity index (χ1) is 10.5. The lowest BCUT2D eigenvalue weighted by atomic mass is 9.84. The maximum absolute atomic E-state index is 12.4. The van der Waals surface area contributed by atoms with E-state index >= 15 is 0 Å². The molecule has 112 valence electrons. The van der Waals surface area contributed by atoms with E-state index in [1.807, 2.05) is 13.0 Å². The average Bonchev–Trinajstić information content (AvgIpc) is 2.51. The minimum Gasteiger partial charge on any atom is -0.290 e. The number of allylic oxidation sites excluding steroid dienone is 6. The summed E-state index contributed by atoms with van der Waals surface area (Å²) < 4.78 is 28.7. The molecule has 0 aromatic heterocycles. The second-order valence-corrected chi connectivity index (χ2v) is 6.95. The van der Waals surface area contributed by atoms with E-state index in [-0.39, 0.29) is 10.7 Å². The van der Waals surface area contributed by atoms with Gasteiger partial charge in [0.1, 0.15) is 0 Å². The summed E-state index contributed by atoms with van der Waals surface area (Å²) in [6.45, 7) is 1.97. The van der Waals surface area contributed by atoms with Gasteiger partial charge in [-0.3, -0.25) is 4.79 Å². The van der Waals surface area contributed by atoms with Crippen molar-refractivity contribution in [3.63, 3.8) is 0 Å². The van der Waals surface area contributed by atoms with E-state index < -0.39 is 10.0 Å². The van der Waals surface area contributed by atoms with Crippen molar-refractivity contribution in [2.24, 2.45) is 4.40 Å². The molecule has 0 bridgehead atoms. The van der Waals surface area contributed by atoms with Gasteiger partial charge in [-0.05, 0) is 49.6 Å². The number of benzene rings is 1. The molecule has 0 fully saturated rings. The van der Waals surface area contributed by atoms with Crippen LogP contribution < -0.4 is 0 Å². The van der Waals surface area contributed by atoms with Crippen molar-refractivity contribution in [2.75, 3.05) is 0 Å². The minimum absolute atomic E-state index is 0.0604. The fraction of sp³-hybridized carbons (Fsp3) is 0.176. The van der Waals surface area contributed by atoms with Gasteiger partial charge in [-0.25, -0.2) is 0 Å². The summed E-state index contributed by atoms with van der Waals surface area (Å²) >= 11 is 0. The van der Waals surface area contributed by atoms with Crippen LogP contribution in [0, 0.1) is 0 Å². The molecule has 2 aliphatic rings. The highest BCUT2D eigenvalue weighted by Crippen LogP contribution is 2.30. The molecule has 0 heterocycles. The maximum atomic E-state index is 12.4. The first kappa shape index (κ1) is 14.7. The number of rotatable bonds is 2. The fourth-order valence-electron chi connectivity index (χ4n) is 2.57. The second-order valence-electron chi connectivity index (χ2n) is 5.35. The summed E-state index contributed by atoms with van der Waals surface area (Å²) in [7, 11) is -3.77. The second kappa shape index (κ2) is 5.50. The summed E-state index contributed by atoms with van der Waals surface area (Å²) in [6.07, 6.45) is 6.00. The molecule has 0 spiro atoms. The van der Waals surface area contributed by atoms with Crippen LogP contribution in [0.5, 0.6) is 0 Å². The summed E-state index contributed by atoms with van der Waals surface area (Å²) in [5.41, 5.74) is 2.86. The highest BCUT2D eigenvalue weighted by Gasteiger charge is 2.25. The smallest absolute Gasteiger partial charge is 0.282 e. The number of hydrogen-bond acceptors (Lipinski definition) is 3. The standard InChI is InChI=1S/C17H15NO3S/c1-12-7-8-14-15(11-12)16(9-10-17(14)19)18-22(20,21)13-5-3-2-4-6-13/h2-7,9-10H,8,11H2,1H3/b18-16-. The molecular formula is C17H15NO3S. The monoisotopic (exact) mass is 313 g/mol. The van der Waals surface area contributed by atoms with Crippen LogP contribution in [-0.4, -0.2) is 19.9 Å². The van der Waals surface area contributed by atoms with Gasteiger partial charge >= 0.3 is 0 Å². The zero-order chi connectivity index (χ0) is 15.7. The average molecular weight is 313 g/mol. The van der Waals surface area contributed by atoms with Crippen LogP contribution in [0.1, 0.15) is 19.8 Å². The molecule has 2 aliphatic carbocycles. The molecule has 0 amide bonds. The quantitative estimate of drug-likeness (QED) is 0.623. The van der Waals surface area contributed by atoms with Crippen LogP contribution in [0.25, 0.3) is 0 Å². The van der Waals surface area contributed by atoms with Gasteiger partial charge in [0.25, 0.3) is 10.0 Å². The molecule has 3 rings (SSSR count). The van der Waals surface area contributed by atoms with Crippen LogP contribution >= 0.6 is 0 Å². The third-order valence-corrected chi connectivity index (χ3v) is 5.04. The molecule has 4 nitrogen and oxygen atoms in total. The lowest BCUT2D eigenvalue weighted by Gasteiger charge is -2.21. The Kier molecular flexibility index (Phi) is 3.66. The van der Waals surface area contributed by atoms with E-state index in [2.05, 4.69) is 4.40 Å². The first-order valence-electron chi connectivity index (χ1n) is 6.98. The van der Waals surface area contributed by atoms with Crippen molar-refractivity contribution in [1.29, 1.82) is 0 Å². The highest BCUT2D eigenvalue weighted by atomic mass is 32.2. The Labute approximate surface area is 129 Å². The normalized spacial score (nSPS) is 20.1. The molecule has 22 heavy (non-hydrogen) atoms. The number of sulfonamides is 1. The Bertz CT molecular complexity index is 856. The van der Waals surface area contributed by atoms with E-state index in [0.29, 0.717) is 24.1 Å². The van der Waals surface area contributed by atoms with Gasteiger partial charge in [0.05, 0.1) is 10.6 Å². The SMILES string of the molecule is CC1=CCC2=C(C1)/C(=N\S(=O)(=O)c1ccccc1)C=CC2=O. The van der Waals surface area contributed by atoms with E-state index in [1.54, 1.807) is 18.2 Å². The van der Waals surface area contributed by atoms with Crippen molar-refractivity contribution in [2.45, 2.75) is 24.7 Å². The molecule has 0 saturated heterocycles. The number of carbonyl (C=O) groups is 1. The summed E-state index contributed by atoms with van der Waals surface area (Å²) in [5.74, 6) is -0.0604. The molecule has 0 radical (unpaired) electrons. The van der Waals surface area contributed by atoms with E-state index in [4.69, 9.17) is 0 Å². The molecule has 0 unspecified atom stereocenters. The molecule has 0 saturated carbocycles. The highest BCUT2D eigenvalue weighted by molar-refractivity contribution is 7.90. The lowest BCUT2D eigenvalue weighted by Crippen LogP contribution is -2.18. The molecule has 0 aliphatic heterocycles. The summed E-state index contributed by atoms with van der Waals surface area (Å²) in [4.78, 5) is 12.1. The first-order valence-corrected chi connectivity index (χ1v) is 8.42. The predicted octanol–water partition coefficient (Wildman–Crippen LogP) is 2.99. The summed E-state index contributed by atoms with van der Waals surface area (Å²) in [6, 6.07) is 8.09. The van der Waals surface area contributed by atoms with Crippen molar-refractivity contribution in [3.05, 3.63) is 65.3 Å². The Hall–Kier alpha value is -2.27. The van der Waals surface area contributed by atoms with Gasteiger partial charge in [0.2, 0.25) is 0 Å². The van der Waals surface area contributed by atoms with Crippen LogP contribution in [0.15, 0.2) is 74.6 Å². The Balaban J connectivity index is 2.06. The van der Waals surface area contributed by atoms with Crippen molar-refractivity contribution in [1.82, 2.24) is 0 Å². The van der Waals surface area contributed by atoms with Crippen LogP contribution in [0.4, 0.5) is 0 Å². The molecule has 0 atom stereocenters. The molecule has 1 aromatic rings. The predicted molar refractivity (Wildman–Crippen MR) is 85.2 cm³/mol. The molecular weight excluding hydrogens is 298 g/mol. The number of nitrogens with zero attached hydrogens (tertiary/aromatic N) is 1. The van der Waals surface area contributed by atoms with Gasteiger partial charge in [-0.15, -0.1) is 0 Å². The minimum atomic E-state index is -3.77. The van der Waals surface area contributed by atoms with Crippen molar-refractivity contribution >= 4 is 21.5 Å². The molecule has 5 heteroatoms. The van der Waals surface area contributed by atoms with Gasteiger partial charge in [0.15, 0.2) is 5.78 Å². The van der Waals surface area contributed by atoms with Crippen LogP contribution in [-0.2, 0) is 14.8 Å². The largest absolute Gasteiger partial charge is 0.290 e. The molecule has 0 N–H and O–H groups in total. The zero-order valence-electron chi connectivity index (χ0n) is 12.1. The van der Waals surface area contributed by atoms with Gasteiger partial charge in [-0.1, -0.05) is 29.8 Å². The molecule has 1 aromatic carbocycles.